The Morgan fingerprint density at radius 2 is 1.79 bits per heavy atom. The first kappa shape index (κ1) is 13.3. The van der Waals surface area contributed by atoms with Crippen LogP contribution in [0.15, 0.2) is 53.9 Å². The molecule has 2 aromatic rings. The van der Waals surface area contributed by atoms with Crippen LogP contribution in [0.25, 0.3) is 6.08 Å². The van der Waals surface area contributed by atoms with Gasteiger partial charge in [0.1, 0.15) is 5.82 Å². The maximum atomic E-state index is 11.8. The maximum absolute atomic E-state index is 11.8. The molecule has 0 spiro atoms. The summed E-state index contributed by atoms with van der Waals surface area (Å²) in [5.74, 6) is 0.317. The van der Waals surface area contributed by atoms with Crippen molar-refractivity contribution in [1.29, 1.82) is 0 Å². The van der Waals surface area contributed by atoms with Crippen LogP contribution in [-0.2, 0) is 10.0 Å². The highest BCUT2D eigenvalue weighted by Gasteiger charge is 2.06. The SMILES string of the molecule is Cc1cccc(NS(=O)(=O)/C=C/c2ccccc2)n1. The van der Waals surface area contributed by atoms with E-state index in [0.717, 1.165) is 16.7 Å². The summed E-state index contributed by atoms with van der Waals surface area (Å²) in [5.41, 5.74) is 1.58. The van der Waals surface area contributed by atoms with Gasteiger partial charge in [-0.2, -0.15) is 0 Å². The second-order valence-electron chi connectivity index (χ2n) is 4.02. The average molecular weight is 274 g/mol. The number of pyridine rings is 1. The highest BCUT2D eigenvalue weighted by molar-refractivity contribution is 7.95. The predicted molar refractivity (Wildman–Crippen MR) is 77.0 cm³/mol. The van der Waals surface area contributed by atoms with E-state index in [1.54, 1.807) is 25.1 Å². The fourth-order valence-corrected chi connectivity index (χ4v) is 2.32. The second kappa shape index (κ2) is 5.67. The molecule has 19 heavy (non-hydrogen) atoms. The lowest BCUT2D eigenvalue weighted by Gasteiger charge is -2.03. The Bertz CT molecular complexity index is 680. The van der Waals surface area contributed by atoms with E-state index in [1.807, 2.05) is 30.3 Å². The molecule has 0 aliphatic rings. The fourth-order valence-electron chi connectivity index (χ4n) is 1.51. The Balaban J connectivity index is 2.13. The Kier molecular flexibility index (Phi) is 3.97. The smallest absolute Gasteiger partial charge is 0.256 e. The fraction of sp³-hybridized carbons (Fsp3) is 0.0714. The molecular weight excluding hydrogens is 260 g/mol. The summed E-state index contributed by atoms with van der Waals surface area (Å²) in [6.45, 7) is 1.80. The van der Waals surface area contributed by atoms with Crippen molar-refractivity contribution in [3.8, 4) is 0 Å². The minimum atomic E-state index is -3.54. The molecule has 0 unspecified atom stereocenters. The number of anilines is 1. The average Bonchev–Trinajstić information content (AvgIpc) is 2.37. The summed E-state index contributed by atoms with van der Waals surface area (Å²) < 4.78 is 26.1. The lowest BCUT2D eigenvalue weighted by molar-refractivity contribution is 0.609. The third-order valence-electron chi connectivity index (χ3n) is 2.37. The van der Waals surface area contributed by atoms with Gasteiger partial charge in [-0.1, -0.05) is 36.4 Å². The molecule has 4 nitrogen and oxygen atoms in total. The van der Waals surface area contributed by atoms with E-state index in [2.05, 4.69) is 9.71 Å². The van der Waals surface area contributed by atoms with E-state index in [4.69, 9.17) is 0 Å². The zero-order valence-corrected chi connectivity index (χ0v) is 11.3. The summed E-state index contributed by atoms with van der Waals surface area (Å²) >= 11 is 0. The molecule has 1 N–H and O–H groups in total. The van der Waals surface area contributed by atoms with Gasteiger partial charge in [0.15, 0.2) is 0 Å². The molecule has 5 heteroatoms. The Morgan fingerprint density at radius 1 is 1.05 bits per heavy atom. The summed E-state index contributed by atoms with van der Waals surface area (Å²) in [4.78, 5) is 4.09. The second-order valence-corrected chi connectivity index (χ2v) is 5.59. The largest absolute Gasteiger partial charge is 0.264 e. The first-order valence-electron chi connectivity index (χ1n) is 5.75. The van der Waals surface area contributed by atoms with Crippen molar-refractivity contribution in [2.45, 2.75) is 6.92 Å². The molecule has 0 aliphatic heterocycles. The van der Waals surface area contributed by atoms with Gasteiger partial charge in [0.2, 0.25) is 0 Å². The molecule has 0 amide bonds. The van der Waals surface area contributed by atoms with Crippen LogP contribution in [0, 0.1) is 6.92 Å². The molecule has 0 saturated heterocycles. The van der Waals surface area contributed by atoms with Crippen LogP contribution in [0.3, 0.4) is 0 Å². The molecule has 0 bridgehead atoms. The first-order chi connectivity index (χ1) is 9.05. The third-order valence-corrected chi connectivity index (χ3v) is 3.36. The van der Waals surface area contributed by atoms with Crippen molar-refractivity contribution in [2.75, 3.05) is 4.72 Å². The molecule has 0 fully saturated rings. The van der Waals surface area contributed by atoms with Crippen molar-refractivity contribution in [3.05, 3.63) is 65.2 Å². The van der Waals surface area contributed by atoms with Gasteiger partial charge in [-0.3, -0.25) is 4.72 Å². The van der Waals surface area contributed by atoms with Gasteiger partial charge in [-0.05, 0) is 30.7 Å². The van der Waals surface area contributed by atoms with Crippen molar-refractivity contribution in [1.82, 2.24) is 4.98 Å². The number of aromatic nitrogens is 1. The van der Waals surface area contributed by atoms with Crippen LogP contribution in [0.5, 0.6) is 0 Å². The molecule has 0 atom stereocenters. The van der Waals surface area contributed by atoms with Gasteiger partial charge in [-0.25, -0.2) is 13.4 Å². The molecule has 0 saturated carbocycles. The predicted octanol–water partition coefficient (Wildman–Crippen LogP) is 2.80. The Labute approximate surface area is 112 Å². The van der Waals surface area contributed by atoms with Gasteiger partial charge >= 0.3 is 0 Å². The summed E-state index contributed by atoms with van der Waals surface area (Å²) in [5, 5.41) is 1.13. The van der Waals surface area contributed by atoms with E-state index >= 15 is 0 Å². The number of nitrogens with zero attached hydrogens (tertiary/aromatic N) is 1. The lowest BCUT2D eigenvalue weighted by atomic mass is 10.2. The van der Waals surface area contributed by atoms with Crippen LogP contribution in [0.2, 0.25) is 0 Å². The summed E-state index contributed by atoms with van der Waals surface area (Å²) in [6.07, 6.45) is 1.54. The summed E-state index contributed by atoms with van der Waals surface area (Å²) in [6, 6.07) is 14.4. The van der Waals surface area contributed by atoms with Crippen LogP contribution in [-0.4, -0.2) is 13.4 Å². The number of rotatable bonds is 4. The standard InChI is InChI=1S/C14H14N2O2S/c1-12-6-5-9-14(15-12)16-19(17,18)11-10-13-7-3-2-4-8-13/h2-11H,1H3,(H,15,16)/b11-10+. The van der Waals surface area contributed by atoms with E-state index in [0.29, 0.717) is 5.82 Å². The zero-order valence-electron chi connectivity index (χ0n) is 10.4. The number of sulfonamides is 1. The van der Waals surface area contributed by atoms with E-state index < -0.39 is 10.0 Å². The number of nitrogens with one attached hydrogen (secondary N) is 1. The minimum absolute atomic E-state index is 0.317. The van der Waals surface area contributed by atoms with E-state index in [-0.39, 0.29) is 0 Å². The Hall–Kier alpha value is -2.14. The van der Waals surface area contributed by atoms with Gasteiger partial charge in [0.25, 0.3) is 10.0 Å². The highest BCUT2D eigenvalue weighted by Crippen LogP contribution is 2.09. The van der Waals surface area contributed by atoms with Crippen molar-refractivity contribution < 1.29 is 8.42 Å². The van der Waals surface area contributed by atoms with Gasteiger partial charge in [0.05, 0.1) is 5.41 Å². The monoisotopic (exact) mass is 274 g/mol. The molecule has 2 rings (SSSR count). The molecular formula is C14H14N2O2S. The lowest BCUT2D eigenvalue weighted by Crippen LogP contribution is -2.10. The van der Waals surface area contributed by atoms with E-state index in [1.165, 1.54) is 6.08 Å². The Morgan fingerprint density at radius 3 is 2.47 bits per heavy atom. The highest BCUT2D eigenvalue weighted by atomic mass is 32.2. The molecule has 1 aromatic heterocycles. The zero-order chi connectivity index (χ0) is 13.7. The molecule has 1 aromatic carbocycles. The number of benzene rings is 1. The normalized spacial score (nSPS) is 11.6. The topological polar surface area (TPSA) is 59.1 Å². The quantitative estimate of drug-likeness (QED) is 0.932. The van der Waals surface area contributed by atoms with E-state index in [9.17, 15) is 8.42 Å². The maximum Gasteiger partial charge on any atom is 0.256 e. The molecule has 1 heterocycles. The van der Waals surface area contributed by atoms with Crippen molar-refractivity contribution in [3.63, 3.8) is 0 Å². The molecule has 0 radical (unpaired) electrons. The first-order valence-corrected chi connectivity index (χ1v) is 7.29. The van der Waals surface area contributed by atoms with Gasteiger partial charge < -0.3 is 0 Å². The van der Waals surface area contributed by atoms with Gasteiger partial charge in [0, 0.05) is 5.69 Å². The van der Waals surface area contributed by atoms with Crippen LogP contribution in [0.4, 0.5) is 5.82 Å². The van der Waals surface area contributed by atoms with Crippen molar-refractivity contribution in [2.24, 2.45) is 0 Å². The van der Waals surface area contributed by atoms with Crippen molar-refractivity contribution >= 4 is 21.9 Å². The minimum Gasteiger partial charge on any atom is -0.264 e. The molecule has 98 valence electrons. The van der Waals surface area contributed by atoms with Crippen LogP contribution >= 0.6 is 0 Å². The van der Waals surface area contributed by atoms with Crippen LogP contribution in [0.1, 0.15) is 11.3 Å². The number of hydrogen-bond donors (Lipinski definition) is 1. The summed E-state index contributed by atoms with van der Waals surface area (Å²) in [7, 11) is -3.54. The molecule has 0 aliphatic carbocycles. The number of aryl methyl sites for hydroxylation is 1. The van der Waals surface area contributed by atoms with Gasteiger partial charge in [-0.15, -0.1) is 0 Å². The van der Waals surface area contributed by atoms with Crippen LogP contribution < -0.4 is 4.72 Å². The third kappa shape index (κ3) is 4.22. The number of hydrogen-bond acceptors (Lipinski definition) is 3.